The van der Waals surface area contributed by atoms with Gasteiger partial charge in [-0.3, -0.25) is 19.2 Å². The molecule has 0 aromatic carbocycles. The minimum Gasteiger partial charge on any atom is -0.459 e. The van der Waals surface area contributed by atoms with E-state index in [0.717, 1.165) is 13.8 Å². The molecule has 2 N–H and O–H groups in total. The number of Topliss-reactive ketones (excluding diaryl/α,β-unsaturated/α-hetero) is 1. The lowest BCUT2D eigenvalue weighted by molar-refractivity contribution is -0.231. The van der Waals surface area contributed by atoms with Gasteiger partial charge in [0, 0.05) is 30.6 Å². The van der Waals surface area contributed by atoms with Crippen LogP contribution < -0.4 is 0 Å². The second kappa shape index (κ2) is 7.81. The molecule has 0 bridgehead atoms. The molecule has 0 amide bonds. The third-order valence-corrected chi connectivity index (χ3v) is 8.98. The normalized spacial score (nSPS) is 44.9. The van der Waals surface area contributed by atoms with Crippen molar-refractivity contribution in [3.05, 3.63) is 23.8 Å². The lowest BCUT2D eigenvalue weighted by Gasteiger charge is -2.62. The number of esters is 2. The van der Waals surface area contributed by atoms with Crippen molar-refractivity contribution in [3.8, 4) is 0 Å². The van der Waals surface area contributed by atoms with E-state index in [1.54, 1.807) is 13.8 Å². The van der Waals surface area contributed by atoms with Gasteiger partial charge in [0.15, 0.2) is 23.7 Å². The maximum Gasteiger partial charge on any atom is 0.303 e. The van der Waals surface area contributed by atoms with Crippen molar-refractivity contribution in [2.75, 3.05) is 6.61 Å². The Hall–Kier alpha value is -2.39. The largest absolute Gasteiger partial charge is 0.459 e. The maximum atomic E-state index is 17.5. The predicted octanol–water partition coefficient (Wildman–Crippen LogP) is 1.76. The Morgan fingerprint density at radius 2 is 1.85 bits per heavy atom. The summed E-state index contributed by atoms with van der Waals surface area (Å²) in [5.74, 6) is -3.95. The molecular weight excluding hydrogens is 447 g/mol. The molecular formula is C25H31FO8. The van der Waals surface area contributed by atoms with Crippen LogP contribution in [0.4, 0.5) is 4.39 Å². The monoisotopic (exact) mass is 478 g/mol. The minimum absolute atomic E-state index is 0.0420. The first-order valence-corrected chi connectivity index (χ1v) is 11.6. The quantitative estimate of drug-likeness (QED) is 0.586. The van der Waals surface area contributed by atoms with Gasteiger partial charge < -0.3 is 19.7 Å². The number of carbonyl (C=O) groups is 4. The smallest absolute Gasteiger partial charge is 0.303 e. The van der Waals surface area contributed by atoms with Crippen molar-refractivity contribution in [3.63, 3.8) is 0 Å². The molecule has 0 heterocycles. The number of hydrogen-bond acceptors (Lipinski definition) is 8. The number of aliphatic hydroxyl groups is 2. The SMILES string of the molecule is CC(=O)OCC(=O)[C@@]1(O)[C@H](O)C[C@@H]2[C@@H]3CCC4=CC(=O)C=C[C@]4(C)[C@@]3(F)[C@H](OC(C)=O)C[C@@]21C. The highest BCUT2D eigenvalue weighted by Crippen LogP contribution is 2.70. The van der Waals surface area contributed by atoms with E-state index in [0.29, 0.717) is 12.0 Å². The molecule has 0 aromatic heterocycles. The summed E-state index contributed by atoms with van der Waals surface area (Å²) in [4.78, 5) is 48.4. The highest BCUT2D eigenvalue weighted by Gasteiger charge is 2.77. The first-order valence-electron chi connectivity index (χ1n) is 11.6. The van der Waals surface area contributed by atoms with Gasteiger partial charge in [-0.05, 0) is 50.7 Å². The van der Waals surface area contributed by atoms with E-state index in [1.807, 2.05) is 0 Å². The van der Waals surface area contributed by atoms with Crippen LogP contribution in [-0.2, 0) is 28.7 Å². The van der Waals surface area contributed by atoms with Crippen LogP contribution in [0, 0.1) is 22.7 Å². The molecule has 0 spiro atoms. The molecule has 0 radical (unpaired) electrons. The summed E-state index contributed by atoms with van der Waals surface area (Å²) in [5.41, 5.74) is -6.43. The summed E-state index contributed by atoms with van der Waals surface area (Å²) in [5, 5.41) is 22.6. The van der Waals surface area contributed by atoms with Crippen LogP contribution in [0.25, 0.3) is 0 Å². The Kier molecular flexibility index (Phi) is 5.68. The van der Waals surface area contributed by atoms with Gasteiger partial charge in [0.25, 0.3) is 0 Å². The molecule has 3 fully saturated rings. The Balaban J connectivity index is 1.83. The number of rotatable bonds is 4. The van der Waals surface area contributed by atoms with Crippen LogP contribution in [0.1, 0.15) is 53.4 Å². The van der Waals surface area contributed by atoms with Crippen LogP contribution in [0.15, 0.2) is 23.8 Å². The van der Waals surface area contributed by atoms with E-state index >= 15 is 4.39 Å². The van der Waals surface area contributed by atoms with Crippen molar-refractivity contribution in [1.82, 2.24) is 0 Å². The molecule has 0 aromatic rings. The van der Waals surface area contributed by atoms with Crippen molar-refractivity contribution in [1.29, 1.82) is 0 Å². The van der Waals surface area contributed by atoms with E-state index in [-0.39, 0.29) is 25.0 Å². The number of ketones is 2. The van der Waals surface area contributed by atoms with Crippen LogP contribution in [0.5, 0.6) is 0 Å². The number of aliphatic hydroxyl groups excluding tert-OH is 1. The fourth-order valence-corrected chi connectivity index (χ4v) is 7.30. The zero-order chi connectivity index (χ0) is 25.3. The minimum atomic E-state index is -2.32. The van der Waals surface area contributed by atoms with Gasteiger partial charge in [-0.1, -0.05) is 18.6 Å². The van der Waals surface area contributed by atoms with Gasteiger partial charge in [0.05, 0.1) is 6.10 Å². The van der Waals surface area contributed by atoms with Crippen LogP contribution >= 0.6 is 0 Å². The number of alkyl halides is 1. The van der Waals surface area contributed by atoms with E-state index in [1.165, 1.54) is 18.2 Å². The Labute approximate surface area is 197 Å². The zero-order valence-corrected chi connectivity index (χ0v) is 19.8. The molecule has 3 saturated carbocycles. The standard InChI is InChI=1S/C25H31FO8/c1-13(27)33-12-20(31)25(32)19(30)10-18-17-6-5-15-9-16(29)7-8-22(15,3)24(17,26)21(34-14(2)28)11-23(18,25)4/h7-9,17-19,21,30,32H,5-6,10-12H2,1-4H3/t17-,18+,19+,21+,22-,23-,24-,25-/m0/s1. The third kappa shape index (κ3) is 3.09. The number of halogens is 1. The van der Waals surface area contributed by atoms with Crippen molar-refractivity contribution in [2.45, 2.75) is 76.9 Å². The number of fused-ring (bicyclic) bond motifs is 5. The van der Waals surface area contributed by atoms with Crippen LogP contribution in [0.2, 0.25) is 0 Å². The van der Waals surface area contributed by atoms with Gasteiger partial charge in [-0.25, -0.2) is 4.39 Å². The first-order chi connectivity index (χ1) is 15.7. The van der Waals surface area contributed by atoms with Gasteiger partial charge in [0.2, 0.25) is 5.78 Å². The van der Waals surface area contributed by atoms with Crippen LogP contribution in [-0.4, -0.2) is 63.8 Å². The molecule has 4 rings (SSSR count). The summed E-state index contributed by atoms with van der Waals surface area (Å²) >= 11 is 0. The third-order valence-electron chi connectivity index (χ3n) is 8.98. The van der Waals surface area contributed by atoms with E-state index in [4.69, 9.17) is 9.47 Å². The first kappa shape index (κ1) is 24.7. The Morgan fingerprint density at radius 3 is 2.47 bits per heavy atom. The topological polar surface area (TPSA) is 127 Å². The summed E-state index contributed by atoms with van der Waals surface area (Å²) in [6, 6.07) is 0. The average molecular weight is 479 g/mol. The second-order valence-electron chi connectivity index (χ2n) is 10.6. The molecule has 8 atom stereocenters. The number of allylic oxidation sites excluding steroid dienone is 4. The lowest BCUT2D eigenvalue weighted by Crippen LogP contribution is -2.70. The molecule has 0 saturated heterocycles. The van der Waals surface area contributed by atoms with Crippen molar-refractivity contribution >= 4 is 23.5 Å². The fraction of sp³-hybridized carbons (Fsp3) is 0.680. The summed E-state index contributed by atoms with van der Waals surface area (Å²) in [6.07, 6.45) is 1.84. The Morgan fingerprint density at radius 1 is 1.18 bits per heavy atom. The number of carbonyl (C=O) groups excluding carboxylic acids is 4. The highest BCUT2D eigenvalue weighted by molar-refractivity contribution is 6.01. The maximum absolute atomic E-state index is 17.5. The lowest BCUT2D eigenvalue weighted by atomic mass is 9.44. The molecule has 34 heavy (non-hydrogen) atoms. The average Bonchev–Trinajstić information content (AvgIpc) is 2.94. The summed E-state index contributed by atoms with van der Waals surface area (Å²) < 4.78 is 27.9. The van der Waals surface area contributed by atoms with Gasteiger partial charge >= 0.3 is 11.9 Å². The molecule has 8 nitrogen and oxygen atoms in total. The van der Waals surface area contributed by atoms with Gasteiger partial charge in [0.1, 0.15) is 6.10 Å². The molecule has 0 aliphatic heterocycles. The molecule has 0 unspecified atom stereocenters. The highest BCUT2D eigenvalue weighted by atomic mass is 19.1. The summed E-state index contributed by atoms with van der Waals surface area (Å²) in [6.45, 7) is 4.83. The second-order valence-corrected chi connectivity index (χ2v) is 10.6. The predicted molar refractivity (Wildman–Crippen MR) is 116 cm³/mol. The van der Waals surface area contributed by atoms with E-state index < -0.39 is 70.5 Å². The molecule has 186 valence electrons. The van der Waals surface area contributed by atoms with Gasteiger partial charge in [-0.15, -0.1) is 0 Å². The summed E-state index contributed by atoms with van der Waals surface area (Å²) in [7, 11) is 0. The molecule has 4 aliphatic carbocycles. The fourth-order valence-electron chi connectivity index (χ4n) is 7.30. The number of hydrogen-bond donors (Lipinski definition) is 2. The molecule has 4 aliphatic rings. The zero-order valence-electron chi connectivity index (χ0n) is 19.8. The number of ether oxygens (including phenoxy) is 2. The van der Waals surface area contributed by atoms with Crippen molar-refractivity contribution in [2.24, 2.45) is 22.7 Å². The van der Waals surface area contributed by atoms with Crippen molar-refractivity contribution < 1.29 is 43.3 Å². The van der Waals surface area contributed by atoms with E-state index in [2.05, 4.69) is 0 Å². The van der Waals surface area contributed by atoms with Crippen LogP contribution in [0.3, 0.4) is 0 Å². The van der Waals surface area contributed by atoms with Gasteiger partial charge in [-0.2, -0.15) is 0 Å². The van der Waals surface area contributed by atoms with E-state index in [9.17, 15) is 29.4 Å². The Bertz CT molecular complexity index is 1020. The molecule has 9 heteroatoms.